The smallest absolute Gasteiger partial charge is 0.141 e. The molecule has 53 heavy (non-hydrogen) atoms. The molecule has 1 aliphatic carbocycles. The first-order valence-corrected chi connectivity index (χ1v) is 19.0. The van der Waals surface area contributed by atoms with Crippen LogP contribution in [0.3, 0.4) is 0 Å². The first kappa shape index (κ1) is 30.2. The van der Waals surface area contributed by atoms with Gasteiger partial charge in [-0.1, -0.05) is 127 Å². The van der Waals surface area contributed by atoms with E-state index in [1.807, 2.05) is 11.3 Å². The van der Waals surface area contributed by atoms with Gasteiger partial charge in [0.2, 0.25) is 0 Å². The van der Waals surface area contributed by atoms with Gasteiger partial charge in [0.1, 0.15) is 11.2 Å². The van der Waals surface area contributed by atoms with Gasteiger partial charge in [0.25, 0.3) is 0 Å². The van der Waals surface area contributed by atoms with Crippen molar-refractivity contribution < 1.29 is 4.42 Å². The average molecular weight is 696 g/mol. The van der Waals surface area contributed by atoms with Crippen molar-refractivity contribution >= 4 is 70.5 Å². The fourth-order valence-electron chi connectivity index (χ4n) is 8.88. The number of benzene rings is 8. The second-order valence-corrected chi connectivity index (χ2v) is 15.3. The minimum absolute atomic E-state index is 0.517. The van der Waals surface area contributed by atoms with E-state index in [4.69, 9.17) is 4.42 Å². The molecule has 0 unspecified atom stereocenters. The van der Waals surface area contributed by atoms with Gasteiger partial charge in [-0.15, -0.1) is 11.3 Å². The Morgan fingerprint density at radius 3 is 1.85 bits per heavy atom. The van der Waals surface area contributed by atoms with E-state index in [1.165, 1.54) is 53.6 Å². The normalized spacial score (nSPS) is 13.2. The fourth-order valence-corrected chi connectivity index (χ4v) is 9.97. The summed E-state index contributed by atoms with van der Waals surface area (Å²) >= 11 is 1.85. The van der Waals surface area contributed by atoms with E-state index in [-0.39, 0.29) is 0 Å². The Kier molecular flexibility index (Phi) is 6.58. The van der Waals surface area contributed by atoms with Gasteiger partial charge in [-0.25, -0.2) is 0 Å². The van der Waals surface area contributed by atoms with Crippen LogP contribution < -0.4 is 4.90 Å². The minimum atomic E-state index is -0.517. The van der Waals surface area contributed by atoms with Crippen molar-refractivity contribution in [3.8, 4) is 22.3 Å². The van der Waals surface area contributed by atoms with Crippen LogP contribution in [0.5, 0.6) is 0 Å². The molecule has 0 N–H and O–H groups in total. The molecule has 2 nitrogen and oxygen atoms in total. The number of fused-ring (bicyclic) bond motifs is 9. The number of hydrogen-bond acceptors (Lipinski definition) is 3. The molecule has 0 amide bonds. The Hall–Kier alpha value is -6.42. The van der Waals surface area contributed by atoms with Gasteiger partial charge in [0.05, 0.1) is 5.69 Å². The van der Waals surface area contributed by atoms with Gasteiger partial charge in [0.15, 0.2) is 0 Å². The summed E-state index contributed by atoms with van der Waals surface area (Å²) in [5, 5.41) is 4.81. The molecule has 0 spiro atoms. The van der Waals surface area contributed by atoms with Crippen LogP contribution in [0.25, 0.3) is 64.4 Å². The van der Waals surface area contributed by atoms with Crippen LogP contribution in [0.4, 0.5) is 17.1 Å². The van der Waals surface area contributed by atoms with Crippen LogP contribution >= 0.6 is 11.3 Å². The Balaban J connectivity index is 1.24. The number of furan rings is 1. The molecule has 0 saturated carbocycles. The maximum Gasteiger partial charge on any atom is 0.141 e. The van der Waals surface area contributed by atoms with Gasteiger partial charge >= 0.3 is 0 Å². The monoisotopic (exact) mass is 695 g/mol. The molecule has 0 aliphatic heterocycles. The lowest BCUT2D eigenvalue weighted by Gasteiger charge is -2.35. The van der Waals surface area contributed by atoms with Crippen molar-refractivity contribution in [3.05, 3.63) is 199 Å². The third-order valence-corrected chi connectivity index (χ3v) is 12.5. The topological polar surface area (TPSA) is 16.4 Å². The Bertz CT molecular complexity index is 2980. The quantitative estimate of drug-likeness (QED) is 0.178. The Morgan fingerprint density at radius 1 is 0.472 bits per heavy atom. The second-order valence-electron chi connectivity index (χ2n) is 14.2. The summed E-state index contributed by atoms with van der Waals surface area (Å²) in [5.41, 5.74) is 13.3. The SMILES string of the molecule is CC1(c2c(N(c3ccc(-c4ccccc4)cc3)c3ccc4sc5ccccc5c4c3)ccc3c2oc2ccccc23)c2ccccc2-c2ccccc21. The maximum atomic E-state index is 7.02. The van der Waals surface area contributed by atoms with Crippen molar-refractivity contribution in [3.63, 3.8) is 0 Å². The predicted octanol–water partition coefficient (Wildman–Crippen LogP) is 14.4. The first-order valence-electron chi connectivity index (χ1n) is 18.2. The molecule has 2 aromatic heterocycles. The third-order valence-electron chi connectivity index (χ3n) is 11.3. The minimum Gasteiger partial charge on any atom is -0.456 e. The molecule has 0 radical (unpaired) electrons. The first-order chi connectivity index (χ1) is 26.2. The second kappa shape index (κ2) is 11.5. The van der Waals surface area contributed by atoms with Crippen LogP contribution in [0.1, 0.15) is 23.6 Å². The molecule has 0 fully saturated rings. The van der Waals surface area contributed by atoms with Crippen LogP contribution in [-0.2, 0) is 5.41 Å². The molecule has 10 aromatic rings. The van der Waals surface area contributed by atoms with Crippen molar-refractivity contribution in [2.24, 2.45) is 0 Å². The standard InChI is InChI=1S/C50H33NOS/c1-50(42-19-9-5-15-36(42)37-16-6-10-20-43(37)50)48-44(29-28-40-38-17-7-11-21-45(38)52-49(40)48)51(34-25-23-33(24-26-34)32-13-3-2-4-14-32)35-27-30-47-41(31-35)39-18-8-12-22-46(39)53-47/h2-31H,1H3. The van der Waals surface area contributed by atoms with Gasteiger partial charge in [-0.3, -0.25) is 0 Å². The zero-order chi connectivity index (χ0) is 35.1. The van der Waals surface area contributed by atoms with E-state index in [9.17, 15) is 0 Å². The van der Waals surface area contributed by atoms with E-state index in [2.05, 4.69) is 194 Å². The van der Waals surface area contributed by atoms with E-state index in [0.29, 0.717) is 0 Å². The van der Waals surface area contributed by atoms with Gasteiger partial charge in [-0.05, 0) is 94.9 Å². The summed E-state index contributed by atoms with van der Waals surface area (Å²) in [6, 6.07) is 66.2. The van der Waals surface area contributed by atoms with E-state index >= 15 is 0 Å². The lowest BCUT2D eigenvalue weighted by Crippen LogP contribution is -2.26. The molecule has 8 aromatic carbocycles. The highest BCUT2D eigenvalue weighted by atomic mass is 32.1. The maximum absolute atomic E-state index is 7.02. The van der Waals surface area contributed by atoms with Crippen molar-refractivity contribution in [1.29, 1.82) is 0 Å². The number of rotatable bonds is 5. The molecule has 0 saturated heterocycles. The summed E-state index contributed by atoms with van der Waals surface area (Å²) in [6.45, 7) is 2.40. The number of thiophene rings is 1. The van der Waals surface area contributed by atoms with Gasteiger partial charge < -0.3 is 9.32 Å². The highest BCUT2D eigenvalue weighted by Gasteiger charge is 2.45. The van der Waals surface area contributed by atoms with Gasteiger partial charge in [-0.2, -0.15) is 0 Å². The van der Waals surface area contributed by atoms with Crippen LogP contribution in [-0.4, -0.2) is 0 Å². The summed E-state index contributed by atoms with van der Waals surface area (Å²) in [7, 11) is 0. The zero-order valence-electron chi connectivity index (χ0n) is 29.1. The third kappa shape index (κ3) is 4.44. The van der Waals surface area contributed by atoms with Crippen molar-refractivity contribution in [2.45, 2.75) is 12.3 Å². The van der Waals surface area contributed by atoms with E-state index < -0.39 is 5.41 Å². The lowest BCUT2D eigenvalue weighted by atomic mass is 9.72. The Labute approximate surface area is 311 Å². The number of nitrogens with zero attached hydrogens (tertiary/aromatic N) is 1. The molecule has 1 aliphatic rings. The molecular formula is C50H33NOS. The van der Waals surface area contributed by atoms with Crippen LogP contribution in [0.15, 0.2) is 186 Å². The highest BCUT2D eigenvalue weighted by molar-refractivity contribution is 7.25. The number of hydrogen-bond donors (Lipinski definition) is 0. The molecule has 0 bridgehead atoms. The highest BCUT2D eigenvalue weighted by Crippen LogP contribution is 2.58. The molecule has 2 heterocycles. The van der Waals surface area contributed by atoms with Crippen LogP contribution in [0.2, 0.25) is 0 Å². The summed E-state index contributed by atoms with van der Waals surface area (Å²) in [6.07, 6.45) is 0. The number of anilines is 3. The summed E-state index contributed by atoms with van der Waals surface area (Å²) in [5.74, 6) is 0. The van der Waals surface area contributed by atoms with E-state index in [0.717, 1.165) is 44.6 Å². The largest absolute Gasteiger partial charge is 0.456 e. The zero-order valence-corrected chi connectivity index (χ0v) is 29.9. The number of para-hydroxylation sites is 1. The lowest BCUT2D eigenvalue weighted by molar-refractivity contribution is 0.638. The van der Waals surface area contributed by atoms with Crippen molar-refractivity contribution in [2.75, 3.05) is 4.90 Å². The van der Waals surface area contributed by atoms with Crippen LogP contribution in [0, 0.1) is 0 Å². The molecule has 0 atom stereocenters. The summed E-state index contributed by atoms with van der Waals surface area (Å²) < 4.78 is 9.61. The molecular weight excluding hydrogens is 663 g/mol. The fraction of sp³-hybridized carbons (Fsp3) is 0.0400. The predicted molar refractivity (Wildman–Crippen MR) is 224 cm³/mol. The van der Waals surface area contributed by atoms with E-state index in [1.54, 1.807) is 0 Å². The molecule has 3 heteroatoms. The Morgan fingerprint density at radius 2 is 1.08 bits per heavy atom. The summed E-state index contributed by atoms with van der Waals surface area (Å²) in [4.78, 5) is 2.46. The average Bonchev–Trinajstić information content (AvgIpc) is 3.87. The molecule has 250 valence electrons. The van der Waals surface area contributed by atoms with Crippen molar-refractivity contribution in [1.82, 2.24) is 0 Å². The molecule has 11 rings (SSSR count). The van der Waals surface area contributed by atoms with Gasteiger partial charge in [0, 0.05) is 53.3 Å².